The van der Waals surface area contributed by atoms with Crippen LogP contribution in [0.5, 0.6) is 0 Å². The van der Waals surface area contributed by atoms with E-state index < -0.39 is 18.0 Å². The van der Waals surface area contributed by atoms with E-state index in [0.29, 0.717) is 6.42 Å². The molecular formula is C7H9NO4. The fraction of sp³-hybridized carbons (Fsp3) is 0.429. The van der Waals surface area contributed by atoms with Crippen LogP contribution in [-0.4, -0.2) is 28.2 Å². The Hall–Kier alpha value is -1.36. The third kappa shape index (κ3) is 1.31. The Bertz CT molecular complexity index is 269. The molecule has 1 atom stereocenters. The molecule has 0 saturated carbocycles. The van der Waals surface area contributed by atoms with E-state index in [1.54, 1.807) is 0 Å². The van der Waals surface area contributed by atoms with Crippen LogP contribution in [0.1, 0.15) is 12.8 Å². The highest BCUT2D eigenvalue weighted by Gasteiger charge is 2.31. The zero-order valence-corrected chi connectivity index (χ0v) is 6.28. The molecule has 0 saturated heterocycles. The molecular weight excluding hydrogens is 162 g/mol. The summed E-state index contributed by atoms with van der Waals surface area (Å²) >= 11 is 0. The lowest BCUT2D eigenvalue weighted by atomic mass is 10.1. The molecule has 1 aliphatic rings. The molecule has 0 radical (unpaired) electrons. The monoisotopic (exact) mass is 171 g/mol. The molecule has 0 aromatic heterocycles. The van der Waals surface area contributed by atoms with Crippen molar-refractivity contribution in [2.75, 3.05) is 0 Å². The van der Waals surface area contributed by atoms with Gasteiger partial charge >= 0.3 is 11.9 Å². The van der Waals surface area contributed by atoms with E-state index in [-0.39, 0.29) is 17.6 Å². The summed E-state index contributed by atoms with van der Waals surface area (Å²) < 4.78 is 0. The van der Waals surface area contributed by atoms with Gasteiger partial charge in [0.1, 0.15) is 0 Å². The molecule has 0 spiro atoms. The van der Waals surface area contributed by atoms with Gasteiger partial charge in [-0.15, -0.1) is 0 Å². The molecule has 0 fully saturated rings. The maximum Gasteiger partial charge on any atom is 0.333 e. The molecule has 12 heavy (non-hydrogen) atoms. The van der Waals surface area contributed by atoms with Crippen molar-refractivity contribution in [3.05, 3.63) is 11.1 Å². The first-order chi connectivity index (χ1) is 5.54. The van der Waals surface area contributed by atoms with Crippen molar-refractivity contribution in [2.24, 2.45) is 5.73 Å². The molecule has 1 rings (SSSR count). The third-order valence-corrected chi connectivity index (χ3v) is 1.89. The lowest BCUT2D eigenvalue weighted by Gasteiger charge is -2.02. The van der Waals surface area contributed by atoms with Crippen LogP contribution >= 0.6 is 0 Å². The van der Waals surface area contributed by atoms with Gasteiger partial charge in [-0.25, -0.2) is 9.59 Å². The minimum absolute atomic E-state index is 0.0602. The second-order valence-electron chi connectivity index (χ2n) is 2.65. The van der Waals surface area contributed by atoms with Crippen molar-refractivity contribution < 1.29 is 19.8 Å². The summed E-state index contributed by atoms with van der Waals surface area (Å²) in [6.45, 7) is 0. The summed E-state index contributed by atoms with van der Waals surface area (Å²) in [6.07, 6.45) is 0.654. The molecule has 5 nitrogen and oxygen atoms in total. The molecule has 0 aliphatic heterocycles. The zero-order chi connectivity index (χ0) is 9.30. The van der Waals surface area contributed by atoms with E-state index in [4.69, 9.17) is 15.9 Å². The van der Waals surface area contributed by atoms with Crippen molar-refractivity contribution >= 4 is 11.9 Å². The molecule has 1 aliphatic carbocycles. The highest BCUT2D eigenvalue weighted by molar-refractivity contribution is 6.00. The number of carboxylic acids is 2. The molecule has 0 amide bonds. The molecule has 0 aromatic carbocycles. The average molecular weight is 171 g/mol. The first-order valence-electron chi connectivity index (χ1n) is 3.49. The van der Waals surface area contributed by atoms with Crippen LogP contribution < -0.4 is 5.73 Å². The summed E-state index contributed by atoms with van der Waals surface area (Å²) in [6, 6.07) is -0.631. The molecule has 0 heterocycles. The molecule has 0 bridgehead atoms. The quantitative estimate of drug-likeness (QED) is 0.523. The summed E-state index contributed by atoms with van der Waals surface area (Å²) in [7, 11) is 0. The first kappa shape index (κ1) is 8.73. The van der Waals surface area contributed by atoms with Crippen molar-refractivity contribution in [2.45, 2.75) is 18.9 Å². The van der Waals surface area contributed by atoms with Gasteiger partial charge in [0.05, 0.1) is 5.57 Å². The maximum absolute atomic E-state index is 10.5. The van der Waals surface area contributed by atoms with Gasteiger partial charge in [-0.2, -0.15) is 0 Å². The minimum Gasteiger partial charge on any atom is -0.478 e. The normalized spacial score (nSPS) is 22.9. The highest BCUT2D eigenvalue weighted by atomic mass is 16.4. The Kier molecular flexibility index (Phi) is 2.14. The van der Waals surface area contributed by atoms with Crippen molar-refractivity contribution in [3.63, 3.8) is 0 Å². The van der Waals surface area contributed by atoms with Crippen LogP contribution in [0.3, 0.4) is 0 Å². The fourth-order valence-electron chi connectivity index (χ4n) is 1.31. The predicted octanol–water partition coefficient (Wildman–Crippen LogP) is -0.427. The smallest absolute Gasteiger partial charge is 0.333 e. The largest absolute Gasteiger partial charge is 0.478 e. The molecule has 66 valence electrons. The Labute approximate surface area is 68.5 Å². The van der Waals surface area contributed by atoms with Gasteiger partial charge in [0.15, 0.2) is 0 Å². The molecule has 0 aromatic rings. The van der Waals surface area contributed by atoms with E-state index in [1.165, 1.54) is 0 Å². The minimum atomic E-state index is -1.22. The summed E-state index contributed by atoms with van der Waals surface area (Å²) in [5, 5.41) is 17.2. The van der Waals surface area contributed by atoms with Crippen molar-refractivity contribution in [1.82, 2.24) is 0 Å². The van der Waals surface area contributed by atoms with Crippen molar-refractivity contribution in [1.29, 1.82) is 0 Å². The second-order valence-corrected chi connectivity index (χ2v) is 2.65. The topological polar surface area (TPSA) is 101 Å². The summed E-state index contributed by atoms with van der Waals surface area (Å²) in [5.41, 5.74) is 5.20. The first-order valence-corrected chi connectivity index (χ1v) is 3.49. The zero-order valence-electron chi connectivity index (χ0n) is 6.28. The van der Waals surface area contributed by atoms with Crippen LogP contribution in [0.15, 0.2) is 11.1 Å². The number of nitrogens with two attached hydrogens (primary N) is 1. The maximum atomic E-state index is 10.5. The number of carboxylic acid groups (broad SMARTS) is 2. The Morgan fingerprint density at radius 1 is 1.33 bits per heavy atom. The lowest BCUT2D eigenvalue weighted by Crippen LogP contribution is -2.24. The summed E-state index contributed by atoms with van der Waals surface area (Å²) in [4.78, 5) is 21.0. The van der Waals surface area contributed by atoms with E-state index >= 15 is 0 Å². The standard InChI is InChI=1S/C7H9NO4/c8-4-2-1-3(6(9)10)5(4)7(11)12/h4H,1-2,8H2,(H,9,10)(H,11,12). The highest BCUT2D eigenvalue weighted by Crippen LogP contribution is 2.25. The van der Waals surface area contributed by atoms with Crippen molar-refractivity contribution in [3.8, 4) is 0 Å². The number of hydrogen-bond acceptors (Lipinski definition) is 3. The Morgan fingerprint density at radius 3 is 2.25 bits per heavy atom. The van der Waals surface area contributed by atoms with E-state index in [1.807, 2.05) is 0 Å². The van der Waals surface area contributed by atoms with Crippen LogP contribution in [0.2, 0.25) is 0 Å². The van der Waals surface area contributed by atoms with Crippen LogP contribution in [0.4, 0.5) is 0 Å². The fourth-order valence-corrected chi connectivity index (χ4v) is 1.31. The number of rotatable bonds is 2. The number of carbonyl (C=O) groups is 2. The van der Waals surface area contributed by atoms with Gasteiger partial charge in [-0.05, 0) is 12.8 Å². The Morgan fingerprint density at radius 2 is 1.92 bits per heavy atom. The van der Waals surface area contributed by atoms with Gasteiger partial charge < -0.3 is 15.9 Å². The van der Waals surface area contributed by atoms with Crippen LogP contribution in [0.25, 0.3) is 0 Å². The van der Waals surface area contributed by atoms with Gasteiger partial charge in [0.2, 0.25) is 0 Å². The molecule has 1 unspecified atom stereocenters. The second kappa shape index (κ2) is 2.94. The number of hydrogen-bond donors (Lipinski definition) is 3. The number of aliphatic carboxylic acids is 2. The van der Waals surface area contributed by atoms with Gasteiger partial charge in [0, 0.05) is 11.6 Å². The molecule has 5 heteroatoms. The Balaban J connectivity index is 3.06. The lowest BCUT2D eigenvalue weighted by molar-refractivity contribution is -0.135. The van der Waals surface area contributed by atoms with E-state index in [9.17, 15) is 9.59 Å². The van der Waals surface area contributed by atoms with Crippen LogP contribution in [-0.2, 0) is 9.59 Å². The average Bonchev–Trinajstić information content (AvgIpc) is 2.30. The third-order valence-electron chi connectivity index (χ3n) is 1.89. The molecule has 4 N–H and O–H groups in total. The van der Waals surface area contributed by atoms with E-state index in [2.05, 4.69) is 0 Å². The predicted molar refractivity (Wildman–Crippen MR) is 39.5 cm³/mol. The van der Waals surface area contributed by atoms with Gasteiger partial charge in [-0.3, -0.25) is 0 Å². The van der Waals surface area contributed by atoms with Gasteiger partial charge in [-0.1, -0.05) is 0 Å². The van der Waals surface area contributed by atoms with E-state index in [0.717, 1.165) is 0 Å². The van der Waals surface area contributed by atoms with Gasteiger partial charge in [0.25, 0.3) is 0 Å². The SMILES string of the molecule is NC1CCC(C(=O)O)=C1C(=O)O. The summed E-state index contributed by atoms with van der Waals surface area (Å²) in [5.74, 6) is -2.40. The van der Waals surface area contributed by atoms with Crippen LogP contribution in [0, 0.1) is 0 Å².